The van der Waals surface area contributed by atoms with E-state index < -0.39 is 5.97 Å². The van der Waals surface area contributed by atoms with E-state index in [0.29, 0.717) is 31.5 Å². The van der Waals surface area contributed by atoms with E-state index >= 15 is 0 Å². The van der Waals surface area contributed by atoms with Crippen LogP contribution in [0.15, 0.2) is 36.4 Å². The summed E-state index contributed by atoms with van der Waals surface area (Å²) in [7, 11) is 1.37. The van der Waals surface area contributed by atoms with Crippen LogP contribution in [0, 0.1) is 19.8 Å². The Balaban J connectivity index is 1.52. The second-order valence-corrected chi connectivity index (χ2v) is 7.25. The number of piperidine rings is 1. The van der Waals surface area contributed by atoms with Gasteiger partial charge in [0.15, 0.2) is 6.61 Å². The molecule has 1 aliphatic rings. The van der Waals surface area contributed by atoms with Gasteiger partial charge in [0, 0.05) is 30.2 Å². The molecule has 1 aromatic heterocycles. The number of carbonyl (C=O) groups is 3. The van der Waals surface area contributed by atoms with Crippen LogP contribution in [-0.2, 0) is 19.1 Å². The molecule has 0 atom stereocenters. The molecule has 7 heteroatoms. The molecule has 2 aromatic rings. The van der Waals surface area contributed by atoms with E-state index in [4.69, 9.17) is 9.47 Å². The van der Waals surface area contributed by atoms with Crippen molar-refractivity contribution < 1.29 is 23.9 Å². The minimum atomic E-state index is -0.532. The third-order valence-electron chi connectivity index (χ3n) is 5.34. The molecule has 29 heavy (non-hydrogen) atoms. The molecule has 2 heterocycles. The fraction of sp³-hybridized carbons (Fsp3) is 0.409. The number of benzene rings is 1. The zero-order chi connectivity index (χ0) is 21.0. The normalized spacial score (nSPS) is 14.5. The molecule has 0 N–H and O–H groups in total. The molecule has 1 fully saturated rings. The van der Waals surface area contributed by atoms with Crippen LogP contribution in [0.2, 0.25) is 0 Å². The summed E-state index contributed by atoms with van der Waals surface area (Å²) in [6.45, 7) is 4.66. The monoisotopic (exact) mass is 398 g/mol. The number of likely N-dealkylation sites (tertiary alicyclic amines) is 1. The minimum Gasteiger partial charge on any atom is -0.469 e. The second kappa shape index (κ2) is 8.94. The van der Waals surface area contributed by atoms with E-state index in [9.17, 15) is 14.4 Å². The van der Waals surface area contributed by atoms with Gasteiger partial charge in [-0.15, -0.1) is 0 Å². The quantitative estimate of drug-likeness (QED) is 0.724. The van der Waals surface area contributed by atoms with Gasteiger partial charge in [-0.2, -0.15) is 0 Å². The van der Waals surface area contributed by atoms with Crippen molar-refractivity contribution in [2.24, 2.45) is 5.92 Å². The first-order chi connectivity index (χ1) is 13.9. The number of amides is 1. The van der Waals surface area contributed by atoms with Gasteiger partial charge in [-0.1, -0.05) is 0 Å². The minimum absolute atomic E-state index is 0.169. The number of aryl methyl sites for hydroxylation is 2. The number of carbonyl (C=O) groups excluding carboxylic acids is 3. The van der Waals surface area contributed by atoms with Crippen molar-refractivity contribution in [3.63, 3.8) is 0 Å². The number of nitrogens with zero attached hydrogens (tertiary/aromatic N) is 2. The van der Waals surface area contributed by atoms with Crippen LogP contribution in [0.25, 0.3) is 5.69 Å². The zero-order valence-electron chi connectivity index (χ0n) is 17.0. The van der Waals surface area contributed by atoms with Crippen molar-refractivity contribution in [2.75, 3.05) is 26.8 Å². The fourth-order valence-corrected chi connectivity index (χ4v) is 3.66. The summed E-state index contributed by atoms with van der Waals surface area (Å²) >= 11 is 0. The van der Waals surface area contributed by atoms with Crippen LogP contribution in [-0.4, -0.2) is 54.1 Å². The molecule has 1 amide bonds. The molecular weight excluding hydrogens is 372 g/mol. The first-order valence-electron chi connectivity index (χ1n) is 9.69. The van der Waals surface area contributed by atoms with E-state index in [1.807, 2.05) is 38.1 Å². The van der Waals surface area contributed by atoms with Gasteiger partial charge in [0.2, 0.25) is 0 Å². The maximum absolute atomic E-state index is 12.3. The molecule has 7 nitrogen and oxygen atoms in total. The van der Waals surface area contributed by atoms with Crippen LogP contribution in [0.3, 0.4) is 0 Å². The van der Waals surface area contributed by atoms with Crippen molar-refractivity contribution in [1.29, 1.82) is 0 Å². The fourth-order valence-electron chi connectivity index (χ4n) is 3.66. The Kier molecular flexibility index (Phi) is 6.36. The van der Waals surface area contributed by atoms with Gasteiger partial charge in [0.25, 0.3) is 5.91 Å². The van der Waals surface area contributed by atoms with Gasteiger partial charge in [0.05, 0.1) is 18.6 Å². The third kappa shape index (κ3) is 4.67. The summed E-state index contributed by atoms with van der Waals surface area (Å²) in [4.78, 5) is 37.8. The van der Waals surface area contributed by atoms with E-state index in [1.165, 1.54) is 7.11 Å². The maximum Gasteiger partial charge on any atom is 0.338 e. The molecule has 1 aliphatic heterocycles. The van der Waals surface area contributed by atoms with Crippen molar-refractivity contribution in [3.05, 3.63) is 53.3 Å². The third-order valence-corrected chi connectivity index (χ3v) is 5.34. The Morgan fingerprint density at radius 1 is 0.966 bits per heavy atom. The highest BCUT2D eigenvalue weighted by Gasteiger charge is 2.28. The molecule has 154 valence electrons. The summed E-state index contributed by atoms with van der Waals surface area (Å²) in [5.41, 5.74) is 3.58. The molecule has 0 spiro atoms. The Morgan fingerprint density at radius 3 is 2.10 bits per heavy atom. The summed E-state index contributed by atoms with van der Waals surface area (Å²) in [6.07, 6.45) is 1.12. The van der Waals surface area contributed by atoms with Gasteiger partial charge in [-0.25, -0.2) is 4.79 Å². The predicted molar refractivity (Wildman–Crippen MR) is 107 cm³/mol. The van der Waals surface area contributed by atoms with Gasteiger partial charge in [0.1, 0.15) is 0 Å². The van der Waals surface area contributed by atoms with Crippen LogP contribution in [0.4, 0.5) is 0 Å². The standard InChI is InChI=1S/C22H26N2O5/c1-15-4-5-16(2)24(15)19-8-6-17(7-9-19)22(27)29-14-20(25)23-12-10-18(11-13-23)21(26)28-3/h4-9,18H,10-14H2,1-3H3. The number of ether oxygens (including phenoxy) is 2. The van der Waals surface area contributed by atoms with E-state index in [2.05, 4.69) is 4.57 Å². The average Bonchev–Trinajstić information content (AvgIpc) is 3.09. The molecular formula is C22H26N2O5. The second-order valence-electron chi connectivity index (χ2n) is 7.25. The highest BCUT2D eigenvalue weighted by atomic mass is 16.5. The summed E-state index contributed by atoms with van der Waals surface area (Å²) in [5, 5.41) is 0. The molecule has 0 unspecified atom stereocenters. The molecule has 0 aliphatic carbocycles. The highest BCUT2D eigenvalue weighted by Crippen LogP contribution is 2.19. The number of aromatic nitrogens is 1. The van der Waals surface area contributed by atoms with Crippen LogP contribution < -0.4 is 0 Å². The maximum atomic E-state index is 12.3. The average molecular weight is 398 g/mol. The van der Waals surface area contributed by atoms with E-state index in [0.717, 1.165) is 17.1 Å². The Hall–Kier alpha value is -3.09. The number of hydrogen-bond donors (Lipinski definition) is 0. The summed E-state index contributed by atoms with van der Waals surface area (Å²) in [5.74, 6) is -1.19. The highest BCUT2D eigenvalue weighted by molar-refractivity contribution is 5.91. The van der Waals surface area contributed by atoms with E-state index in [-0.39, 0.29) is 24.4 Å². The molecule has 0 bridgehead atoms. The lowest BCUT2D eigenvalue weighted by atomic mass is 9.97. The van der Waals surface area contributed by atoms with Crippen LogP contribution in [0.5, 0.6) is 0 Å². The molecule has 0 saturated carbocycles. The number of hydrogen-bond acceptors (Lipinski definition) is 5. The van der Waals surface area contributed by atoms with Crippen molar-refractivity contribution in [1.82, 2.24) is 9.47 Å². The zero-order valence-corrected chi connectivity index (χ0v) is 17.0. The van der Waals surface area contributed by atoms with Crippen molar-refractivity contribution in [2.45, 2.75) is 26.7 Å². The SMILES string of the molecule is COC(=O)C1CCN(C(=O)COC(=O)c2ccc(-n3c(C)ccc3C)cc2)CC1. The molecule has 1 aromatic carbocycles. The molecule has 1 saturated heterocycles. The Morgan fingerprint density at radius 2 is 1.55 bits per heavy atom. The first-order valence-corrected chi connectivity index (χ1v) is 9.69. The smallest absolute Gasteiger partial charge is 0.338 e. The Labute approximate surface area is 170 Å². The van der Waals surface area contributed by atoms with Gasteiger partial charge < -0.3 is 18.9 Å². The van der Waals surface area contributed by atoms with Crippen molar-refractivity contribution >= 4 is 17.8 Å². The van der Waals surface area contributed by atoms with E-state index in [1.54, 1.807) is 17.0 Å². The van der Waals surface area contributed by atoms with Gasteiger partial charge >= 0.3 is 11.9 Å². The first kappa shape index (κ1) is 20.6. The number of esters is 2. The summed E-state index contributed by atoms with van der Waals surface area (Å²) < 4.78 is 12.0. The Bertz CT molecular complexity index is 873. The van der Waals surface area contributed by atoms with Crippen molar-refractivity contribution in [3.8, 4) is 5.69 Å². The van der Waals surface area contributed by atoms with Crippen LogP contribution >= 0.6 is 0 Å². The lowest BCUT2D eigenvalue weighted by Gasteiger charge is -2.30. The largest absolute Gasteiger partial charge is 0.469 e. The molecule has 3 rings (SSSR count). The topological polar surface area (TPSA) is 77.8 Å². The molecule has 0 radical (unpaired) electrons. The van der Waals surface area contributed by atoms with Gasteiger partial charge in [-0.05, 0) is 63.1 Å². The lowest BCUT2D eigenvalue weighted by Crippen LogP contribution is -2.42. The van der Waals surface area contributed by atoms with Gasteiger partial charge in [-0.3, -0.25) is 9.59 Å². The van der Waals surface area contributed by atoms with Crippen LogP contribution in [0.1, 0.15) is 34.6 Å². The summed E-state index contributed by atoms with van der Waals surface area (Å²) in [6, 6.07) is 11.2. The number of rotatable bonds is 5. The number of methoxy groups -OCH3 is 1. The predicted octanol–water partition coefficient (Wildman–Crippen LogP) is 2.66. The lowest BCUT2D eigenvalue weighted by molar-refractivity contribution is -0.149.